The van der Waals surface area contributed by atoms with Gasteiger partial charge in [0.25, 0.3) is 0 Å². The van der Waals surface area contributed by atoms with E-state index in [0.717, 1.165) is 10.7 Å². The van der Waals surface area contributed by atoms with Crippen LogP contribution in [0.4, 0.5) is 5.13 Å². The summed E-state index contributed by atoms with van der Waals surface area (Å²) in [6.45, 7) is 4.71. The Bertz CT molecular complexity index is 536. The van der Waals surface area contributed by atoms with Gasteiger partial charge in [-0.15, -0.1) is 22.7 Å². The molecule has 0 aliphatic carbocycles. The molecule has 5 nitrogen and oxygen atoms in total. The molecule has 0 aliphatic rings. The van der Waals surface area contributed by atoms with E-state index in [1.54, 1.807) is 23.6 Å². The molecule has 0 radical (unpaired) electrons. The average molecular weight is 283 g/mol. The molecule has 2 heterocycles. The van der Waals surface area contributed by atoms with Crippen molar-refractivity contribution < 1.29 is 9.53 Å². The highest BCUT2D eigenvalue weighted by Gasteiger charge is 2.11. The summed E-state index contributed by atoms with van der Waals surface area (Å²) in [7, 11) is 0. The van der Waals surface area contributed by atoms with Crippen LogP contribution in [-0.4, -0.2) is 22.5 Å². The lowest BCUT2D eigenvalue weighted by Crippen LogP contribution is -2.05. The van der Waals surface area contributed by atoms with Crippen molar-refractivity contribution in [1.29, 1.82) is 0 Å². The molecule has 2 aromatic rings. The first-order valence-corrected chi connectivity index (χ1v) is 7.22. The van der Waals surface area contributed by atoms with E-state index in [1.165, 1.54) is 11.3 Å². The van der Waals surface area contributed by atoms with Crippen LogP contribution in [0.15, 0.2) is 10.8 Å². The molecule has 96 valence electrons. The van der Waals surface area contributed by atoms with Gasteiger partial charge in [-0.1, -0.05) is 0 Å². The van der Waals surface area contributed by atoms with E-state index in [-0.39, 0.29) is 5.97 Å². The maximum atomic E-state index is 11.4. The number of nitrogens with one attached hydrogen (secondary N) is 1. The van der Waals surface area contributed by atoms with Gasteiger partial charge in [0.05, 0.1) is 23.9 Å². The van der Waals surface area contributed by atoms with E-state index in [2.05, 4.69) is 15.3 Å². The summed E-state index contributed by atoms with van der Waals surface area (Å²) in [4.78, 5) is 19.9. The number of nitrogens with zero attached hydrogens (tertiary/aromatic N) is 2. The zero-order chi connectivity index (χ0) is 13.0. The van der Waals surface area contributed by atoms with Gasteiger partial charge in [-0.25, -0.2) is 14.8 Å². The van der Waals surface area contributed by atoms with Gasteiger partial charge < -0.3 is 10.1 Å². The van der Waals surface area contributed by atoms with Crippen LogP contribution < -0.4 is 5.32 Å². The molecule has 0 bridgehead atoms. The minimum atomic E-state index is -0.383. The molecular weight excluding hydrogens is 270 g/mol. The lowest BCUT2D eigenvalue weighted by molar-refractivity contribution is 0.0520. The third kappa shape index (κ3) is 3.27. The lowest BCUT2D eigenvalue weighted by Gasteiger charge is -1.99. The van der Waals surface area contributed by atoms with Crippen molar-refractivity contribution in [3.63, 3.8) is 0 Å². The first kappa shape index (κ1) is 13.0. The van der Waals surface area contributed by atoms with Gasteiger partial charge in [-0.3, -0.25) is 0 Å². The Morgan fingerprint density at radius 1 is 1.39 bits per heavy atom. The summed E-state index contributed by atoms with van der Waals surface area (Å²) in [6, 6.07) is 0. The third-order valence-electron chi connectivity index (χ3n) is 2.08. The second kappa shape index (κ2) is 5.92. The SMILES string of the molecule is CCOC(=O)c1csc(NCc2csc(C)n2)n1. The van der Waals surface area contributed by atoms with Crippen LogP contribution in [0.5, 0.6) is 0 Å². The Labute approximate surface area is 113 Å². The Kier molecular flexibility index (Phi) is 4.27. The summed E-state index contributed by atoms with van der Waals surface area (Å²) in [6.07, 6.45) is 0. The molecule has 0 saturated heterocycles. The molecule has 0 fully saturated rings. The van der Waals surface area contributed by atoms with Gasteiger partial charge in [0.2, 0.25) is 0 Å². The van der Waals surface area contributed by atoms with Crippen LogP contribution in [0.2, 0.25) is 0 Å². The maximum absolute atomic E-state index is 11.4. The van der Waals surface area contributed by atoms with E-state index in [4.69, 9.17) is 4.74 Å². The number of rotatable bonds is 5. The van der Waals surface area contributed by atoms with Gasteiger partial charge in [-0.05, 0) is 13.8 Å². The van der Waals surface area contributed by atoms with Crippen LogP contribution in [-0.2, 0) is 11.3 Å². The minimum absolute atomic E-state index is 0.346. The van der Waals surface area contributed by atoms with Gasteiger partial charge >= 0.3 is 5.97 Å². The number of carbonyl (C=O) groups excluding carboxylic acids is 1. The fourth-order valence-electron chi connectivity index (χ4n) is 1.31. The smallest absolute Gasteiger partial charge is 0.357 e. The second-order valence-corrected chi connectivity index (χ2v) is 5.39. The van der Waals surface area contributed by atoms with Crippen LogP contribution in [0.1, 0.15) is 28.1 Å². The number of ether oxygens (including phenoxy) is 1. The molecule has 0 unspecified atom stereocenters. The summed E-state index contributed by atoms with van der Waals surface area (Å²) >= 11 is 3.00. The highest BCUT2D eigenvalue weighted by atomic mass is 32.1. The molecule has 2 aromatic heterocycles. The van der Waals surface area contributed by atoms with Gasteiger partial charge in [-0.2, -0.15) is 0 Å². The number of thiazole rings is 2. The van der Waals surface area contributed by atoms with Crippen molar-refractivity contribution in [3.05, 3.63) is 27.2 Å². The number of aryl methyl sites for hydroxylation is 1. The molecule has 0 aliphatic heterocycles. The van der Waals surface area contributed by atoms with Crippen molar-refractivity contribution in [2.24, 2.45) is 0 Å². The number of hydrogen-bond acceptors (Lipinski definition) is 7. The molecule has 0 aromatic carbocycles. The van der Waals surface area contributed by atoms with Crippen LogP contribution >= 0.6 is 22.7 Å². The average Bonchev–Trinajstić information content (AvgIpc) is 2.95. The van der Waals surface area contributed by atoms with E-state index in [1.807, 2.05) is 12.3 Å². The largest absolute Gasteiger partial charge is 0.461 e. The van der Waals surface area contributed by atoms with Crippen molar-refractivity contribution in [2.45, 2.75) is 20.4 Å². The molecule has 0 amide bonds. The fourth-order valence-corrected chi connectivity index (χ4v) is 2.60. The van der Waals surface area contributed by atoms with Gasteiger partial charge in [0, 0.05) is 10.8 Å². The normalized spacial score (nSPS) is 10.3. The maximum Gasteiger partial charge on any atom is 0.357 e. The van der Waals surface area contributed by atoms with Crippen molar-refractivity contribution >= 4 is 33.8 Å². The predicted octanol–water partition coefficient (Wildman–Crippen LogP) is 2.70. The highest BCUT2D eigenvalue weighted by molar-refractivity contribution is 7.13. The zero-order valence-corrected chi connectivity index (χ0v) is 11.7. The Morgan fingerprint density at radius 2 is 2.22 bits per heavy atom. The van der Waals surface area contributed by atoms with Crippen LogP contribution in [0.3, 0.4) is 0 Å². The topological polar surface area (TPSA) is 64.1 Å². The quantitative estimate of drug-likeness (QED) is 0.855. The molecule has 2 rings (SSSR count). The predicted molar refractivity (Wildman–Crippen MR) is 72.2 cm³/mol. The fraction of sp³-hybridized carbons (Fsp3) is 0.364. The zero-order valence-electron chi connectivity index (χ0n) is 10.1. The van der Waals surface area contributed by atoms with Crippen LogP contribution in [0, 0.1) is 6.92 Å². The van der Waals surface area contributed by atoms with E-state index >= 15 is 0 Å². The molecule has 0 spiro atoms. The Hall–Kier alpha value is -1.47. The number of aromatic nitrogens is 2. The van der Waals surface area contributed by atoms with Gasteiger partial charge in [0.1, 0.15) is 0 Å². The van der Waals surface area contributed by atoms with E-state index < -0.39 is 0 Å². The molecule has 18 heavy (non-hydrogen) atoms. The minimum Gasteiger partial charge on any atom is -0.461 e. The molecular formula is C11H13N3O2S2. The van der Waals surface area contributed by atoms with Crippen molar-refractivity contribution in [1.82, 2.24) is 9.97 Å². The number of esters is 1. The number of anilines is 1. The van der Waals surface area contributed by atoms with Crippen molar-refractivity contribution in [2.75, 3.05) is 11.9 Å². The number of carbonyl (C=O) groups is 1. The molecule has 7 heteroatoms. The van der Waals surface area contributed by atoms with E-state index in [0.29, 0.717) is 24.0 Å². The lowest BCUT2D eigenvalue weighted by atomic mass is 10.5. The Balaban J connectivity index is 1.92. The standard InChI is InChI=1S/C11H13N3O2S2/c1-3-16-10(15)9-6-18-11(14-9)12-4-8-5-17-7(2)13-8/h5-6H,3-4H2,1-2H3,(H,12,14). The number of hydrogen-bond donors (Lipinski definition) is 1. The first-order valence-electron chi connectivity index (χ1n) is 5.46. The monoisotopic (exact) mass is 283 g/mol. The Morgan fingerprint density at radius 3 is 2.89 bits per heavy atom. The summed E-state index contributed by atoms with van der Waals surface area (Å²) in [5.74, 6) is -0.383. The van der Waals surface area contributed by atoms with Crippen molar-refractivity contribution in [3.8, 4) is 0 Å². The second-order valence-electron chi connectivity index (χ2n) is 3.47. The highest BCUT2D eigenvalue weighted by Crippen LogP contribution is 2.17. The first-order chi connectivity index (χ1) is 8.69. The molecule has 0 saturated carbocycles. The van der Waals surface area contributed by atoms with E-state index in [9.17, 15) is 4.79 Å². The summed E-state index contributed by atoms with van der Waals surface area (Å²) in [5.41, 5.74) is 1.32. The molecule has 0 atom stereocenters. The summed E-state index contributed by atoms with van der Waals surface area (Å²) < 4.78 is 4.87. The van der Waals surface area contributed by atoms with Crippen LogP contribution in [0.25, 0.3) is 0 Å². The van der Waals surface area contributed by atoms with Gasteiger partial charge in [0.15, 0.2) is 10.8 Å². The molecule has 1 N–H and O–H groups in total. The third-order valence-corrected chi connectivity index (χ3v) is 3.70. The summed E-state index contributed by atoms with van der Waals surface area (Å²) in [5, 5.41) is 8.56.